The van der Waals surface area contributed by atoms with E-state index < -0.39 is 0 Å². The number of carbonyl (C=O) groups is 1. The van der Waals surface area contributed by atoms with Crippen LogP contribution in [0.2, 0.25) is 10.0 Å². The summed E-state index contributed by atoms with van der Waals surface area (Å²) >= 11 is 13.2. The number of phenols is 1. The molecule has 9 heteroatoms. The van der Waals surface area contributed by atoms with Gasteiger partial charge in [0.15, 0.2) is 0 Å². The summed E-state index contributed by atoms with van der Waals surface area (Å²) in [6, 6.07) is 8.71. The van der Waals surface area contributed by atoms with Gasteiger partial charge < -0.3 is 9.67 Å². The van der Waals surface area contributed by atoms with Gasteiger partial charge in [0.25, 0.3) is 5.91 Å². The van der Waals surface area contributed by atoms with Crippen molar-refractivity contribution in [1.82, 2.24) is 15.0 Å². The molecule has 0 saturated heterocycles. The van der Waals surface area contributed by atoms with E-state index in [-0.39, 0.29) is 16.7 Å². The molecule has 0 unspecified atom stereocenters. The maximum absolute atomic E-state index is 13.0. The van der Waals surface area contributed by atoms with Crippen LogP contribution in [0.5, 0.6) is 5.75 Å². The van der Waals surface area contributed by atoms with Crippen LogP contribution >= 0.6 is 34.5 Å². The number of hydrogen-bond acceptors (Lipinski definition) is 5. The Hall–Kier alpha value is -2.87. The highest BCUT2D eigenvalue weighted by Gasteiger charge is 2.22. The lowest BCUT2D eigenvalue weighted by atomic mass is 10.1. The highest BCUT2D eigenvalue weighted by atomic mass is 35.5. The Morgan fingerprint density at radius 2 is 1.97 bits per heavy atom. The van der Waals surface area contributed by atoms with Crippen molar-refractivity contribution < 1.29 is 9.90 Å². The lowest BCUT2D eigenvalue weighted by molar-refractivity contribution is 0.0959. The van der Waals surface area contributed by atoms with E-state index >= 15 is 0 Å². The molecule has 3 heterocycles. The van der Waals surface area contributed by atoms with Gasteiger partial charge in [-0.25, -0.2) is 10.4 Å². The second-order valence-corrected chi connectivity index (χ2v) is 8.50. The van der Waals surface area contributed by atoms with E-state index in [1.807, 2.05) is 49.0 Å². The summed E-state index contributed by atoms with van der Waals surface area (Å²) in [6.07, 6.45) is 5.06. The smallest absolute Gasteiger partial charge is 0.283 e. The van der Waals surface area contributed by atoms with E-state index in [9.17, 15) is 9.90 Å². The van der Waals surface area contributed by atoms with Gasteiger partial charge in [-0.3, -0.25) is 4.79 Å². The first-order valence-corrected chi connectivity index (χ1v) is 10.5. The predicted octanol–water partition coefficient (Wildman–Crippen LogP) is 5.48. The highest BCUT2D eigenvalue weighted by Crippen LogP contribution is 2.36. The average molecular weight is 459 g/mol. The molecule has 0 spiro atoms. The van der Waals surface area contributed by atoms with Crippen molar-refractivity contribution in [3.8, 4) is 11.4 Å². The number of hydrazone groups is 1. The summed E-state index contributed by atoms with van der Waals surface area (Å²) in [6.45, 7) is 3.93. The molecule has 0 aliphatic rings. The Morgan fingerprint density at radius 1 is 1.23 bits per heavy atom. The number of nitrogens with one attached hydrogen (secondary N) is 1. The second kappa shape index (κ2) is 8.10. The van der Waals surface area contributed by atoms with E-state index in [0.717, 1.165) is 27.2 Å². The zero-order valence-electron chi connectivity index (χ0n) is 16.0. The third kappa shape index (κ3) is 3.79. The summed E-state index contributed by atoms with van der Waals surface area (Å²) in [5.74, 6) is -0.549. The third-order valence-electron chi connectivity index (χ3n) is 4.46. The number of amides is 1. The predicted molar refractivity (Wildman–Crippen MR) is 122 cm³/mol. The lowest BCUT2D eigenvalue weighted by Crippen LogP contribution is -2.18. The molecule has 6 nitrogen and oxygen atoms in total. The molecular weight excluding hydrogens is 443 g/mol. The number of thiophene rings is 1. The Morgan fingerprint density at radius 3 is 2.70 bits per heavy atom. The Labute approximate surface area is 186 Å². The Kier molecular flexibility index (Phi) is 5.51. The van der Waals surface area contributed by atoms with Crippen LogP contribution in [0.1, 0.15) is 26.5 Å². The molecule has 152 valence electrons. The second-order valence-electron chi connectivity index (χ2n) is 6.66. The van der Waals surface area contributed by atoms with Crippen LogP contribution in [0.25, 0.3) is 15.9 Å². The van der Waals surface area contributed by atoms with Gasteiger partial charge >= 0.3 is 0 Å². The number of aromatic nitrogens is 2. The molecule has 2 N–H and O–H groups in total. The molecule has 0 bridgehead atoms. The highest BCUT2D eigenvalue weighted by molar-refractivity contribution is 7.21. The number of hydrogen-bond donors (Lipinski definition) is 2. The van der Waals surface area contributed by atoms with Crippen molar-refractivity contribution in [2.24, 2.45) is 5.10 Å². The van der Waals surface area contributed by atoms with Crippen LogP contribution in [0.3, 0.4) is 0 Å². The van der Waals surface area contributed by atoms with Crippen LogP contribution in [0.4, 0.5) is 0 Å². The summed E-state index contributed by atoms with van der Waals surface area (Å²) in [5, 5.41) is 15.4. The lowest BCUT2D eigenvalue weighted by Gasteiger charge is -2.07. The van der Waals surface area contributed by atoms with Crippen LogP contribution in [-0.2, 0) is 0 Å². The Balaban J connectivity index is 1.72. The number of rotatable bonds is 4. The molecule has 1 aromatic carbocycles. The normalized spacial score (nSPS) is 11.5. The van der Waals surface area contributed by atoms with Crippen molar-refractivity contribution in [3.63, 3.8) is 0 Å². The van der Waals surface area contributed by atoms with Gasteiger partial charge in [0, 0.05) is 34.1 Å². The number of carbonyl (C=O) groups excluding carboxylic acids is 1. The zero-order chi connectivity index (χ0) is 21.4. The summed E-state index contributed by atoms with van der Waals surface area (Å²) in [4.78, 5) is 18.8. The number of benzene rings is 1. The van der Waals surface area contributed by atoms with Crippen molar-refractivity contribution in [1.29, 1.82) is 0 Å². The van der Waals surface area contributed by atoms with Crippen LogP contribution < -0.4 is 5.43 Å². The summed E-state index contributed by atoms with van der Waals surface area (Å²) in [5.41, 5.74) is 5.49. The topological polar surface area (TPSA) is 79.5 Å². The minimum Gasteiger partial charge on any atom is -0.506 e. The van der Waals surface area contributed by atoms with Gasteiger partial charge in [-0.1, -0.05) is 23.2 Å². The van der Waals surface area contributed by atoms with E-state index in [0.29, 0.717) is 15.5 Å². The van der Waals surface area contributed by atoms with E-state index in [2.05, 4.69) is 15.5 Å². The van der Waals surface area contributed by atoms with Gasteiger partial charge in [0.2, 0.25) is 0 Å². The molecule has 0 atom stereocenters. The summed E-state index contributed by atoms with van der Waals surface area (Å²) in [7, 11) is 0. The number of aromatic hydroxyl groups is 1. The van der Waals surface area contributed by atoms with Gasteiger partial charge in [-0.05, 0) is 49.7 Å². The first-order valence-electron chi connectivity index (χ1n) is 8.90. The van der Waals surface area contributed by atoms with Gasteiger partial charge in [0.1, 0.15) is 15.5 Å². The van der Waals surface area contributed by atoms with Crippen LogP contribution in [0.15, 0.2) is 47.8 Å². The van der Waals surface area contributed by atoms with Crippen molar-refractivity contribution in [2.75, 3.05) is 0 Å². The monoisotopic (exact) mass is 458 g/mol. The summed E-state index contributed by atoms with van der Waals surface area (Å²) < 4.78 is 1.89. The molecule has 0 saturated carbocycles. The first kappa shape index (κ1) is 20.4. The maximum atomic E-state index is 13.0. The fraction of sp³-hybridized carbons (Fsp3) is 0.0952. The largest absolute Gasteiger partial charge is 0.506 e. The molecule has 0 aliphatic carbocycles. The fourth-order valence-corrected chi connectivity index (χ4v) is 4.90. The number of aryl methyl sites for hydroxylation is 2. The third-order valence-corrected chi connectivity index (χ3v) is 6.04. The minimum atomic E-state index is -0.386. The molecule has 0 aliphatic heterocycles. The molecular formula is C21H16Cl2N4O2S. The number of phenolic OH excluding ortho intramolecular Hbond substituents is 1. The zero-order valence-corrected chi connectivity index (χ0v) is 18.3. The van der Waals surface area contributed by atoms with Gasteiger partial charge in [-0.15, -0.1) is 11.3 Å². The van der Waals surface area contributed by atoms with E-state index in [1.54, 1.807) is 0 Å². The van der Waals surface area contributed by atoms with Crippen molar-refractivity contribution >= 4 is 56.9 Å². The standard InChI is InChI=1S/C21H16Cl2N4O2S/c1-11-7-12(2)25-21-16(11)17(27-5-3-4-6-27)19(30-21)20(29)26-24-10-13-8-14(22)9-15(23)18(13)28/h3-10,28H,1-2H3,(H,26,29)/b24-10-. The van der Waals surface area contributed by atoms with Crippen LogP contribution in [0, 0.1) is 13.8 Å². The maximum Gasteiger partial charge on any atom is 0.283 e. The van der Waals surface area contributed by atoms with Crippen molar-refractivity contribution in [3.05, 3.63) is 74.5 Å². The molecule has 3 aromatic heterocycles. The quantitative estimate of drug-likeness (QED) is 0.313. The average Bonchev–Trinajstić information content (AvgIpc) is 3.32. The fourth-order valence-electron chi connectivity index (χ4n) is 3.20. The first-order chi connectivity index (χ1) is 14.3. The molecule has 1 amide bonds. The molecule has 30 heavy (non-hydrogen) atoms. The van der Waals surface area contributed by atoms with Gasteiger partial charge in [-0.2, -0.15) is 5.10 Å². The molecule has 4 aromatic rings. The number of fused-ring (bicyclic) bond motifs is 1. The van der Waals surface area contributed by atoms with E-state index in [1.165, 1.54) is 29.7 Å². The SMILES string of the molecule is Cc1cc(C)c2c(-n3cccc3)c(C(=O)N/N=C\c3cc(Cl)cc(Cl)c3O)sc2n1. The minimum absolute atomic E-state index is 0.103. The Bertz CT molecular complexity index is 1300. The number of halogens is 2. The molecule has 4 rings (SSSR count). The number of nitrogens with zero attached hydrogens (tertiary/aromatic N) is 3. The molecule has 0 fully saturated rings. The van der Waals surface area contributed by atoms with Crippen LogP contribution in [-0.4, -0.2) is 26.8 Å². The number of pyridine rings is 1. The van der Waals surface area contributed by atoms with E-state index in [4.69, 9.17) is 23.2 Å². The molecule has 0 radical (unpaired) electrons. The van der Waals surface area contributed by atoms with Crippen molar-refractivity contribution in [2.45, 2.75) is 13.8 Å². The van der Waals surface area contributed by atoms with Gasteiger partial charge in [0.05, 0.1) is 16.9 Å².